The van der Waals surface area contributed by atoms with Gasteiger partial charge in [-0.05, 0) is 30.7 Å². The molecular formula is C20H22N8O3. The highest BCUT2D eigenvalue weighted by Crippen LogP contribution is 2.47. The van der Waals surface area contributed by atoms with Gasteiger partial charge >= 0.3 is 5.69 Å². The Labute approximate surface area is 176 Å². The smallest absolute Gasteiger partial charge is 0.343 e. The molecule has 160 valence electrons. The maximum absolute atomic E-state index is 13.5. The average Bonchev–Trinajstić information content (AvgIpc) is 3.52. The molecule has 11 nitrogen and oxygen atoms in total. The Kier molecular flexibility index (Phi) is 3.83. The van der Waals surface area contributed by atoms with E-state index in [0.717, 1.165) is 22.9 Å². The van der Waals surface area contributed by atoms with Gasteiger partial charge in [0.25, 0.3) is 11.8 Å². The number of likely N-dealkylation sites (tertiary alicyclic amines) is 1. The molecule has 4 unspecified atom stereocenters. The van der Waals surface area contributed by atoms with Gasteiger partial charge in [-0.2, -0.15) is 0 Å². The van der Waals surface area contributed by atoms with Gasteiger partial charge in [0.1, 0.15) is 17.7 Å². The van der Waals surface area contributed by atoms with Crippen LogP contribution in [0.4, 0.5) is 0 Å². The molecule has 4 aliphatic rings. The maximum atomic E-state index is 13.5. The molecule has 2 bridgehead atoms. The second-order valence-corrected chi connectivity index (χ2v) is 8.76. The van der Waals surface area contributed by atoms with Gasteiger partial charge in [-0.3, -0.25) is 14.6 Å². The zero-order chi connectivity index (χ0) is 21.3. The summed E-state index contributed by atoms with van der Waals surface area (Å²) in [6, 6.07) is 1.91. The Morgan fingerprint density at radius 1 is 1.10 bits per heavy atom. The van der Waals surface area contributed by atoms with Crippen molar-refractivity contribution in [2.24, 2.45) is 24.8 Å². The molecule has 0 spiro atoms. The van der Waals surface area contributed by atoms with E-state index in [4.69, 9.17) is 0 Å². The number of hydrogen-bond donors (Lipinski definition) is 2. The molecule has 7 rings (SSSR count). The fourth-order valence-electron chi connectivity index (χ4n) is 5.80. The van der Waals surface area contributed by atoms with Crippen molar-refractivity contribution in [1.29, 1.82) is 0 Å². The lowest BCUT2D eigenvalue weighted by molar-refractivity contribution is -0.0146. The summed E-state index contributed by atoms with van der Waals surface area (Å²) in [6.45, 7) is 1.89. The molecular weight excluding hydrogens is 400 g/mol. The van der Waals surface area contributed by atoms with Gasteiger partial charge in [-0.1, -0.05) is 0 Å². The van der Waals surface area contributed by atoms with Crippen LogP contribution in [0.15, 0.2) is 23.4 Å². The predicted molar refractivity (Wildman–Crippen MR) is 108 cm³/mol. The van der Waals surface area contributed by atoms with Crippen LogP contribution in [0, 0.1) is 17.8 Å². The number of carbonyl (C=O) groups excluding carboxylic acids is 2. The Morgan fingerprint density at radius 3 is 2.74 bits per heavy atom. The third-order valence-corrected chi connectivity index (χ3v) is 7.25. The van der Waals surface area contributed by atoms with Crippen molar-refractivity contribution in [1.82, 2.24) is 39.5 Å². The van der Waals surface area contributed by atoms with E-state index >= 15 is 0 Å². The molecule has 1 aliphatic carbocycles. The van der Waals surface area contributed by atoms with E-state index in [0.29, 0.717) is 42.8 Å². The number of amides is 2. The van der Waals surface area contributed by atoms with Gasteiger partial charge in [0.15, 0.2) is 0 Å². The molecule has 2 amide bonds. The Hall–Kier alpha value is -3.50. The maximum Gasteiger partial charge on any atom is 0.343 e. The highest BCUT2D eigenvalue weighted by Gasteiger charge is 2.53. The molecule has 3 aliphatic heterocycles. The first-order valence-corrected chi connectivity index (χ1v) is 10.5. The lowest BCUT2D eigenvalue weighted by Gasteiger charge is -2.51. The number of nitrogens with one attached hydrogen (secondary N) is 2. The summed E-state index contributed by atoms with van der Waals surface area (Å²) in [7, 11) is 1.51. The SMILES string of the molecule is Cn1nc(C(=O)N2CC3C4CCC(C3C2)N(C(=O)c2ncnc3[nH]ccc23)C4)[nH]c1=O. The predicted octanol–water partition coefficient (Wildman–Crippen LogP) is 0.00250. The van der Waals surface area contributed by atoms with E-state index in [2.05, 4.69) is 25.0 Å². The van der Waals surface area contributed by atoms with Crippen LogP contribution in [0.2, 0.25) is 0 Å². The van der Waals surface area contributed by atoms with Crippen molar-refractivity contribution < 1.29 is 9.59 Å². The standard InChI is InChI=1S/C20H22N8O3/c1-26-20(31)24-17(25-26)19(30)27-7-12-10-2-3-14(13(12)8-27)28(6-10)18(29)15-11-4-5-21-16(11)23-9-22-15/h4-5,9-10,12-14H,2-3,6-8H2,1H3,(H,21,22,23)(H,24,25,31). The largest absolute Gasteiger partial charge is 0.346 e. The summed E-state index contributed by atoms with van der Waals surface area (Å²) in [5.74, 6) is 0.679. The molecule has 6 heterocycles. The number of piperidine rings is 2. The van der Waals surface area contributed by atoms with E-state index in [9.17, 15) is 14.4 Å². The molecule has 3 aromatic rings. The van der Waals surface area contributed by atoms with Crippen molar-refractivity contribution in [3.05, 3.63) is 40.6 Å². The van der Waals surface area contributed by atoms with Gasteiger partial charge in [0.2, 0.25) is 5.82 Å². The minimum atomic E-state index is -0.405. The minimum absolute atomic E-state index is 0.0704. The lowest BCUT2D eigenvalue weighted by Crippen LogP contribution is -2.59. The van der Waals surface area contributed by atoms with E-state index < -0.39 is 5.69 Å². The molecule has 3 aromatic heterocycles. The number of nitrogens with zero attached hydrogens (tertiary/aromatic N) is 6. The number of aromatic amines is 2. The molecule has 11 heteroatoms. The second-order valence-electron chi connectivity index (χ2n) is 8.76. The molecule has 0 radical (unpaired) electrons. The topological polar surface area (TPSA) is 133 Å². The van der Waals surface area contributed by atoms with Crippen LogP contribution in [0.25, 0.3) is 11.0 Å². The van der Waals surface area contributed by atoms with Gasteiger partial charge < -0.3 is 14.8 Å². The number of H-pyrrole nitrogens is 2. The first kappa shape index (κ1) is 18.3. The highest BCUT2D eigenvalue weighted by atomic mass is 16.2. The van der Waals surface area contributed by atoms with Crippen molar-refractivity contribution >= 4 is 22.8 Å². The van der Waals surface area contributed by atoms with Crippen LogP contribution in [-0.4, -0.2) is 77.0 Å². The van der Waals surface area contributed by atoms with Gasteiger partial charge in [-0.15, -0.1) is 5.10 Å². The molecule has 2 N–H and O–H groups in total. The first-order chi connectivity index (χ1) is 15.0. The zero-order valence-electron chi connectivity index (χ0n) is 17.0. The minimum Gasteiger partial charge on any atom is -0.346 e. The second kappa shape index (κ2) is 6.50. The lowest BCUT2D eigenvalue weighted by atomic mass is 9.66. The summed E-state index contributed by atoms with van der Waals surface area (Å²) >= 11 is 0. The van der Waals surface area contributed by atoms with Crippen molar-refractivity contribution in [3.8, 4) is 0 Å². The fourth-order valence-corrected chi connectivity index (χ4v) is 5.80. The number of carbonyl (C=O) groups is 2. The van der Waals surface area contributed by atoms with Crippen molar-refractivity contribution in [3.63, 3.8) is 0 Å². The van der Waals surface area contributed by atoms with Gasteiger partial charge in [0, 0.05) is 44.8 Å². The van der Waals surface area contributed by atoms with Crippen molar-refractivity contribution in [2.45, 2.75) is 18.9 Å². The molecule has 1 saturated carbocycles. The van der Waals surface area contributed by atoms with Gasteiger partial charge in [-0.25, -0.2) is 19.4 Å². The summed E-state index contributed by atoms with van der Waals surface area (Å²) in [5.41, 5.74) is 0.672. The number of rotatable bonds is 2. The van der Waals surface area contributed by atoms with E-state index in [1.807, 2.05) is 11.0 Å². The molecule has 0 aromatic carbocycles. The summed E-state index contributed by atoms with van der Waals surface area (Å²) in [6.07, 6.45) is 5.17. The Balaban J connectivity index is 1.27. The van der Waals surface area contributed by atoms with Crippen LogP contribution in [0.1, 0.15) is 33.9 Å². The van der Waals surface area contributed by atoms with Crippen LogP contribution >= 0.6 is 0 Å². The first-order valence-electron chi connectivity index (χ1n) is 10.5. The highest BCUT2D eigenvalue weighted by molar-refractivity contribution is 6.03. The van der Waals surface area contributed by atoms with Crippen LogP contribution in [0.5, 0.6) is 0 Å². The monoisotopic (exact) mass is 422 g/mol. The van der Waals surface area contributed by atoms with E-state index in [1.165, 1.54) is 13.4 Å². The third-order valence-electron chi connectivity index (χ3n) is 7.25. The summed E-state index contributed by atoms with van der Waals surface area (Å²) in [5, 5.41) is 4.74. The third kappa shape index (κ3) is 2.65. The number of hydrogen-bond acceptors (Lipinski definition) is 6. The van der Waals surface area contributed by atoms with Crippen LogP contribution in [-0.2, 0) is 7.05 Å². The summed E-state index contributed by atoms with van der Waals surface area (Å²) < 4.78 is 1.13. The zero-order valence-corrected chi connectivity index (χ0v) is 17.0. The van der Waals surface area contributed by atoms with Crippen molar-refractivity contribution in [2.75, 3.05) is 19.6 Å². The summed E-state index contributed by atoms with van der Waals surface area (Å²) in [4.78, 5) is 55.8. The number of aryl methyl sites for hydroxylation is 1. The van der Waals surface area contributed by atoms with Crippen LogP contribution < -0.4 is 5.69 Å². The van der Waals surface area contributed by atoms with Crippen LogP contribution in [0.3, 0.4) is 0 Å². The molecule has 4 fully saturated rings. The molecule has 3 saturated heterocycles. The number of aromatic nitrogens is 6. The number of fused-ring (bicyclic) bond motifs is 3. The molecule has 4 atom stereocenters. The fraction of sp³-hybridized carbons (Fsp3) is 0.500. The van der Waals surface area contributed by atoms with Gasteiger partial charge in [0.05, 0.1) is 5.39 Å². The van der Waals surface area contributed by atoms with E-state index in [-0.39, 0.29) is 29.6 Å². The Morgan fingerprint density at radius 2 is 1.94 bits per heavy atom. The normalized spacial score (nSPS) is 27.1. The Bertz CT molecular complexity index is 1260. The molecule has 31 heavy (non-hydrogen) atoms. The van der Waals surface area contributed by atoms with E-state index in [1.54, 1.807) is 11.1 Å². The average molecular weight is 422 g/mol. The quantitative estimate of drug-likeness (QED) is 0.597.